The van der Waals surface area contributed by atoms with Gasteiger partial charge in [-0.2, -0.15) is 18.4 Å². The minimum atomic E-state index is -4.67. The first-order valence-corrected chi connectivity index (χ1v) is 11.0. The molecule has 0 aromatic heterocycles. The van der Waals surface area contributed by atoms with Crippen molar-refractivity contribution in [3.05, 3.63) is 87.9 Å². The lowest BCUT2D eigenvalue weighted by Gasteiger charge is -2.19. The minimum Gasteiger partial charge on any atom is -0.462 e. The lowest BCUT2D eigenvalue weighted by molar-refractivity contribution is -0.145. The predicted molar refractivity (Wildman–Crippen MR) is 127 cm³/mol. The van der Waals surface area contributed by atoms with Gasteiger partial charge in [-0.3, -0.25) is 4.79 Å². The van der Waals surface area contributed by atoms with E-state index in [4.69, 9.17) is 21.1 Å². The molecule has 182 valence electrons. The van der Waals surface area contributed by atoms with Crippen molar-refractivity contribution in [2.45, 2.75) is 32.5 Å². The van der Waals surface area contributed by atoms with E-state index in [0.29, 0.717) is 16.9 Å². The number of alkyl halides is 3. The molecule has 35 heavy (non-hydrogen) atoms. The molecule has 0 radical (unpaired) electrons. The monoisotopic (exact) mass is 502 g/mol. The fraction of sp³-hybridized carbons (Fsp3) is 0.231. The molecule has 0 aliphatic heterocycles. The molecule has 0 heterocycles. The molecule has 0 spiro atoms. The Morgan fingerprint density at radius 1 is 1.11 bits per heavy atom. The van der Waals surface area contributed by atoms with Crippen LogP contribution < -0.4 is 10.1 Å². The van der Waals surface area contributed by atoms with Crippen molar-refractivity contribution in [2.75, 3.05) is 11.9 Å². The van der Waals surface area contributed by atoms with Crippen LogP contribution in [0.25, 0.3) is 0 Å². The number of carbonyl (C=O) groups excluding carboxylic acids is 1. The highest BCUT2D eigenvalue weighted by molar-refractivity contribution is 6.34. The number of rotatable bonds is 8. The zero-order chi connectivity index (χ0) is 25.6. The van der Waals surface area contributed by atoms with Crippen LogP contribution in [0.4, 0.5) is 18.9 Å². The second-order valence-corrected chi connectivity index (χ2v) is 8.25. The van der Waals surface area contributed by atoms with Crippen LogP contribution >= 0.6 is 11.6 Å². The summed E-state index contributed by atoms with van der Waals surface area (Å²) in [5, 5.41) is 11.9. The van der Waals surface area contributed by atoms with E-state index in [1.54, 1.807) is 44.2 Å². The van der Waals surface area contributed by atoms with E-state index >= 15 is 0 Å². The molecular formula is C26H22ClF3N2O3. The number of hydrogen-bond acceptors (Lipinski definition) is 5. The summed E-state index contributed by atoms with van der Waals surface area (Å²) in [4.78, 5) is 11.9. The highest BCUT2D eigenvalue weighted by atomic mass is 35.5. The molecule has 0 amide bonds. The number of carbonyl (C=O) groups is 1. The smallest absolute Gasteiger partial charge is 0.416 e. The van der Waals surface area contributed by atoms with Crippen molar-refractivity contribution in [1.82, 2.24) is 0 Å². The summed E-state index contributed by atoms with van der Waals surface area (Å²) in [6.07, 6.45) is -5.23. The van der Waals surface area contributed by atoms with Gasteiger partial charge in [-0.05, 0) is 61.4 Å². The van der Waals surface area contributed by atoms with Crippen LogP contribution in [-0.2, 0) is 22.1 Å². The maximum Gasteiger partial charge on any atom is 0.416 e. The molecular weight excluding hydrogens is 481 g/mol. The van der Waals surface area contributed by atoms with Gasteiger partial charge in [0.25, 0.3) is 0 Å². The Balaban J connectivity index is 2.00. The molecule has 0 bridgehead atoms. The lowest BCUT2D eigenvalue weighted by atomic mass is 9.97. The van der Waals surface area contributed by atoms with Gasteiger partial charge in [0.1, 0.15) is 18.0 Å². The van der Waals surface area contributed by atoms with Crippen molar-refractivity contribution in [3.63, 3.8) is 0 Å². The Morgan fingerprint density at radius 3 is 2.46 bits per heavy atom. The van der Waals surface area contributed by atoms with Gasteiger partial charge in [-0.25, -0.2) is 0 Å². The normalized spacial score (nSPS) is 11.1. The average Bonchev–Trinajstić information content (AvgIpc) is 2.80. The van der Waals surface area contributed by atoms with Crippen LogP contribution in [0.5, 0.6) is 11.5 Å². The molecule has 0 atom stereocenters. The van der Waals surface area contributed by atoms with E-state index in [2.05, 4.69) is 5.32 Å². The van der Waals surface area contributed by atoms with Gasteiger partial charge >= 0.3 is 12.1 Å². The van der Waals surface area contributed by atoms with E-state index in [1.807, 2.05) is 6.07 Å². The van der Waals surface area contributed by atoms with Crippen molar-refractivity contribution >= 4 is 23.3 Å². The number of benzene rings is 3. The predicted octanol–water partition coefficient (Wildman–Crippen LogP) is 6.98. The summed E-state index contributed by atoms with van der Waals surface area (Å²) in [5.74, 6) is 0.131. The van der Waals surface area contributed by atoms with Crippen LogP contribution in [0.2, 0.25) is 5.02 Å². The number of para-hydroxylation sites is 1. The van der Waals surface area contributed by atoms with Crippen molar-refractivity contribution in [2.24, 2.45) is 0 Å². The summed E-state index contributed by atoms with van der Waals surface area (Å²) < 4.78 is 52.5. The molecule has 0 aliphatic rings. The third-order valence-corrected chi connectivity index (χ3v) is 5.31. The Hall–Kier alpha value is -3.70. The van der Waals surface area contributed by atoms with Crippen molar-refractivity contribution in [3.8, 4) is 17.6 Å². The quantitative estimate of drug-likeness (QED) is 0.336. The highest BCUT2D eigenvalue weighted by Gasteiger charge is 2.35. The molecule has 0 unspecified atom stereocenters. The number of halogens is 4. The number of nitriles is 1. The first kappa shape index (κ1) is 25.9. The Morgan fingerprint density at radius 2 is 1.83 bits per heavy atom. The fourth-order valence-electron chi connectivity index (χ4n) is 3.34. The maximum absolute atomic E-state index is 13.9. The van der Waals surface area contributed by atoms with Gasteiger partial charge in [0.15, 0.2) is 0 Å². The van der Waals surface area contributed by atoms with E-state index in [0.717, 1.165) is 6.07 Å². The third kappa shape index (κ3) is 6.90. The Labute approximate surface area is 206 Å². The molecule has 1 N–H and O–H groups in total. The summed E-state index contributed by atoms with van der Waals surface area (Å²) in [7, 11) is 0. The number of nitrogens with zero attached hydrogens (tertiary/aromatic N) is 1. The number of esters is 1. The molecule has 3 aromatic rings. The Bertz CT molecular complexity index is 1240. The first-order chi connectivity index (χ1) is 16.6. The summed E-state index contributed by atoms with van der Waals surface area (Å²) in [6, 6.07) is 17.3. The van der Waals surface area contributed by atoms with Gasteiger partial charge in [0, 0.05) is 6.42 Å². The zero-order valence-corrected chi connectivity index (χ0v) is 19.7. The van der Waals surface area contributed by atoms with E-state index < -0.39 is 17.7 Å². The zero-order valence-electron chi connectivity index (χ0n) is 18.9. The topological polar surface area (TPSA) is 71.3 Å². The van der Waals surface area contributed by atoms with Crippen LogP contribution in [0.15, 0.2) is 60.7 Å². The number of nitrogens with one attached hydrogen (secondary N) is 1. The first-order valence-electron chi connectivity index (χ1n) is 10.7. The summed E-state index contributed by atoms with van der Waals surface area (Å²) in [6.45, 7) is 3.11. The molecule has 0 fully saturated rings. The largest absolute Gasteiger partial charge is 0.462 e. The summed E-state index contributed by atoms with van der Waals surface area (Å²) in [5.41, 5.74) is -0.246. The lowest BCUT2D eigenvalue weighted by Crippen LogP contribution is -2.21. The standard InChI is InChI=1S/C26H22ClF3N2O3/c1-16(2)34-24(33)15-32-22-11-10-21(26(28,29)30)20(25(22)27)13-18-9-8-17(14-31)12-23(18)35-19-6-4-3-5-7-19/h3-12,16,32H,13,15H2,1-2H3. The maximum atomic E-state index is 13.9. The molecule has 9 heteroatoms. The third-order valence-electron chi connectivity index (χ3n) is 4.87. The van der Waals surface area contributed by atoms with Gasteiger partial charge in [-0.15, -0.1) is 0 Å². The number of anilines is 1. The minimum absolute atomic E-state index is 0.162. The molecule has 3 rings (SSSR count). The van der Waals surface area contributed by atoms with Crippen molar-refractivity contribution < 1.29 is 27.4 Å². The SMILES string of the molecule is CC(C)OC(=O)CNc1ccc(C(F)(F)F)c(Cc2ccc(C#N)cc2Oc2ccccc2)c1Cl. The van der Waals surface area contributed by atoms with Gasteiger partial charge in [0.05, 0.1) is 34.0 Å². The van der Waals surface area contributed by atoms with E-state index in [1.165, 1.54) is 24.3 Å². The van der Waals surface area contributed by atoms with Crippen molar-refractivity contribution in [1.29, 1.82) is 5.26 Å². The second-order valence-electron chi connectivity index (χ2n) is 7.87. The molecule has 0 aliphatic carbocycles. The van der Waals surface area contributed by atoms with E-state index in [9.17, 15) is 23.2 Å². The average molecular weight is 503 g/mol. The summed E-state index contributed by atoms with van der Waals surface area (Å²) >= 11 is 6.42. The fourth-order valence-corrected chi connectivity index (χ4v) is 3.64. The second kappa shape index (κ2) is 11.2. The van der Waals surface area contributed by atoms with E-state index in [-0.39, 0.29) is 41.1 Å². The van der Waals surface area contributed by atoms with Crippen LogP contribution in [0.3, 0.4) is 0 Å². The number of ether oxygens (including phenoxy) is 2. The van der Waals surface area contributed by atoms with Crippen LogP contribution in [0.1, 0.15) is 36.1 Å². The Kier molecular flexibility index (Phi) is 8.26. The number of hydrogen-bond donors (Lipinski definition) is 1. The van der Waals surface area contributed by atoms with Gasteiger partial charge in [-0.1, -0.05) is 35.9 Å². The molecule has 0 saturated carbocycles. The highest BCUT2D eigenvalue weighted by Crippen LogP contribution is 2.41. The molecule has 0 saturated heterocycles. The van der Waals surface area contributed by atoms with Gasteiger partial charge in [0.2, 0.25) is 0 Å². The molecule has 5 nitrogen and oxygen atoms in total. The van der Waals surface area contributed by atoms with Crippen LogP contribution in [-0.4, -0.2) is 18.6 Å². The van der Waals surface area contributed by atoms with Crippen LogP contribution in [0, 0.1) is 11.3 Å². The molecule has 3 aromatic carbocycles. The van der Waals surface area contributed by atoms with Gasteiger partial charge < -0.3 is 14.8 Å².